The van der Waals surface area contributed by atoms with Crippen molar-refractivity contribution in [3.05, 3.63) is 76.9 Å². The molecule has 3 heterocycles. The van der Waals surface area contributed by atoms with Gasteiger partial charge in [-0.2, -0.15) is 5.10 Å². The second-order valence-corrected chi connectivity index (χ2v) is 11.2. The number of imide groups is 1. The maximum absolute atomic E-state index is 13.9. The third-order valence-corrected chi connectivity index (χ3v) is 8.80. The molecule has 3 aromatic rings. The summed E-state index contributed by atoms with van der Waals surface area (Å²) in [6, 6.07) is 10.5. The number of rotatable bonds is 4. The molecule has 3 amide bonds. The Kier molecular flexibility index (Phi) is 5.40. The van der Waals surface area contributed by atoms with Crippen LogP contribution in [0, 0.1) is 11.7 Å². The lowest BCUT2D eigenvalue weighted by Gasteiger charge is -2.31. The molecular formula is C30H29FN4O4. The number of hydrogen-bond donors (Lipinski definition) is 0. The van der Waals surface area contributed by atoms with Crippen molar-refractivity contribution in [2.24, 2.45) is 13.0 Å². The molecule has 1 saturated heterocycles. The number of amides is 3. The summed E-state index contributed by atoms with van der Waals surface area (Å²) in [5.74, 6) is -0.640. The molecule has 2 aromatic carbocycles. The number of halogens is 1. The lowest BCUT2D eigenvalue weighted by molar-refractivity contribution is -0.143. The van der Waals surface area contributed by atoms with E-state index >= 15 is 0 Å². The van der Waals surface area contributed by atoms with E-state index in [0.717, 1.165) is 52.0 Å². The molecule has 0 bridgehead atoms. The fourth-order valence-corrected chi connectivity index (χ4v) is 6.61. The second-order valence-electron chi connectivity index (χ2n) is 11.2. The largest absolute Gasteiger partial charge is 0.427 e. The monoisotopic (exact) mass is 528 g/mol. The van der Waals surface area contributed by atoms with Gasteiger partial charge in [0.15, 0.2) is 0 Å². The summed E-state index contributed by atoms with van der Waals surface area (Å²) in [4.78, 5) is 43.3. The third-order valence-electron chi connectivity index (χ3n) is 8.80. The Hall–Kier alpha value is -4.01. The topological polar surface area (TPSA) is 84.7 Å². The van der Waals surface area contributed by atoms with Gasteiger partial charge in [0.05, 0.1) is 6.20 Å². The molecule has 0 N–H and O–H groups in total. The van der Waals surface area contributed by atoms with Crippen LogP contribution in [0.2, 0.25) is 0 Å². The fraction of sp³-hybridized carbons (Fsp3) is 0.400. The summed E-state index contributed by atoms with van der Waals surface area (Å²) in [6.07, 6.45) is 7.40. The van der Waals surface area contributed by atoms with E-state index in [1.165, 1.54) is 6.07 Å². The van der Waals surface area contributed by atoms with Crippen molar-refractivity contribution in [3.63, 3.8) is 0 Å². The predicted molar refractivity (Wildman–Crippen MR) is 139 cm³/mol. The first-order valence-electron chi connectivity index (χ1n) is 13.6. The van der Waals surface area contributed by atoms with Gasteiger partial charge in [0.2, 0.25) is 11.5 Å². The van der Waals surface area contributed by atoms with E-state index in [1.54, 1.807) is 27.9 Å². The summed E-state index contributed by atoms with van der Waals surface area (Å²) in [5.41, 5.74) is 4.03. The highest BCUT2D eigenvalue weighted by atomic mass is 19.1. The molecule has 39 heavy (non-hydrogen) atoms. The zero-order valence-electron chi connectivity index (χ0n) is 21.7. The molecular weight excluding hydrogens is 499 g/mol. The van der Waals surface area contributed by atoms with Gasteiger partial charge in [-0.3, -0.25) is 14.3 Å². The minimum absolute atomic E-state index is 0.00810. The number of nitrogens with zero attached hydrogens (tertiary/aromatic N) is 4. The molecule has 1 spiro atoms. The maximum Gasteiger partial charge on any atom is 0.418 e. The van der Waals surface area contributed by atoms with Crippen LogP contribution in [0.3, 0.4) is 0 Å². The smallest absolute Gasteiger partial charge is 0.418 e. The van der Waals surface area contributed by atoms with Gasteiger partial charge in [0.25, 0.3) is 5.91 Å². The minimum Gasteiger partial charge on any atom is -0.427 e. The van der Waals surface area contributed by atoms with Gasteiger partial charge in [-0.25, -0.2) is 14.1 Å². The van der Waals surface area contributed by atoms with Crippen molar-refractivity contribution in [1.82, 2.24) is 19.6 Å². The zero-order chi connectivity index (χ0) is 26.9. The van der Waals surface area contributed by atoms with Gasteiger partial charge in [-0.15, -0.1) is 0 Å². The maximum atomic E-state index is 13.9. The average molecular weight is 529 g/mol. The molecule has 2 fully saturated rings. The van der Waals surface area contributed by atoms with Crippen LogP contribution in [-0.2, 0) is 46.4 Å². The van der Waals surface area contributed by atoms with Crippen molar-refractivity contribution in [2.75, 3.05) is 6.54 Å². The molecule has 2 aliphatic carbocycles. The number of aryl methyl sites for hydroxylation is 3. The fourth-order valence-electron chi connectivity index (χ4n) is 6.61. The van der Waals surface area contributed by atoms with Gasteiger partial charge in [0.1, 0.15) is 12.4 Å². The van der Waals surface area contributed by atoms with Crippen LogP contribution in [0.1, 0.15) is 47.9 Å². The van der Waals surface area contributed by atoms with Gasteiger partial charge in [-0.05, 0) is 72.4 Å². The summed E-state index contributed by atoms with van der Waals surface area (Å²) < 4.78 is 21.4. The summed E-state index contributed by atoms with van der Waals surface area (Å²) in [7, 11) is 1.86. The Morgan fingerprint density at radius 2 is 1.90 bits per heavy atom. The number of benzene rings is 2. The van der Waals surface area contributed by atoms with Crippen LogP contribution in [0.5, 0.6) is 0 Å². The van der Waals surface area contributed by atoms with Crippen molar-refractivity contribution < 1.29 is 23.5 Å². The van der Waals surface area contributed by atoms with E-state index < -0.39 is 17.6 Å². The van der Waals surface area contributed by atoms with E-state index in [4.69, 9.17) is 4.74 Å². The molecule has 200 valence electrons. The molecule has 8 nitrogen and oxygen atoms in total. The van der Waals surface area contributed by atoms with Crippen molar-refractivity contribution >= 4 is 17.9 Å². The lowest BCUT2D eigenvalue weighted by atomic mass is 9.93. The summed E-state index contributed by atoms with van der Waals surface area (Å²) in [6.45, 7) is -0.0138. The van der Waals surface area contributed by atoms with Gasteiger partial charge >= 0.3 is 6.09 Å². The zero-order valence-corrected chi connectivity index (χ0v) is 21.7. The highest BCUT2D eigenvalue weighted by molar-refractivity contribution is 6.06. The minimum atomic E-state index is -1.39. The van der Waals surface area contributed by atoms with Crippen molar-refractivity contribution in [2.45, 2.75) is 56.7 Å². The van der Waals surface area contributed by atoms with Crippen LogP contribution in [0.25, 0.3) is 11.1 Å². The van der Waals surface area contributed by atoms with Crippen LogP contribution >= 0.6 is 0 Å². The van der Waals surface area contributed by atoms with E-state index in [1.807, 2.05) is 31.4 Å². The van der Waals surface area contributed by atoms with Gasteiger partial charge in [-0.1, -0.05) is 24.3 Å². The Bertz CT molecular complexity index is 1530. The third kappa shape index (κ3) is 3.94. The molecule has 0 unspecified atom stereocenters. The Balaban J connectivity index is 1.14. The van der Waals surface area contributed by atoms with Crippen LogP contribution in [0.15, 0.2) is 48.8 Å². The number of carbonyl (C=O) groups is 3. The van der Waals surface area contributed by atoms with Crippen molar-refractivity contribution in [3.8, 4) is 11.1 Å². The van der Waals surface area contributed by atoms with E-state index in [9.17, 15) is 18.8 Å². The van der Waals surface area contributed by atoms with Crippen LogP contribution in [0.4, 0.5) is 9.18 Å². The van der Waals surface area contributed by atoms with Gasteiger partial charge in [0, 0.05) is 43.4 Å². The van der Waals surface area contributed by atoms with Crippen LogP contribution in [-0.4, -0.2) is 50.1 Å². The number of ether oxygens (including phenoxy) is 1. The molecule has 9 heteroatoms. The molecule has 2 atom stereocenters. The highest BCUT2D eigenvalue weighted by Gasteiger charge is 2.58. The van der Waals surface area contributed by atoms with Gasteiger partial charge < -0.3 is 9.64 Å². The number of carbonyl (C=O) groups excluding carboxylic acids is 3. The molecule has 7 rings (SSSR count). The lowest BCUT2D eigenvalue weighted by Crippen LogP contribution is -2.48. The van der Waals surface area contributed by atoms with E-state index in [2.05, 4.69) is 5.10 Å². The second kappa shape index (κ2) is 8.76. The normalized spacial score (nSPS) is 24.1. The number of aromatic nitrogens is 2. The molecule has 1 saturated carbocycles. The standard InChI is InChI=1S/C30H29FN4O4/c1-33-15-23(14-32-33)19-5-8-25-21(12-19)10-11-30(25)28(37)35(29(38)39-30)17-27(36)34-16-22-4-7-24(31)13-20(22)6-9-26(34)18-2-3-18/h4-5,7-8,12-15,18,26H,2-3,6,9-11,16-17H2,1H3/t26-,30-/m1/s1. The molecule has 2 aliphatic heterocycles. The SMILES string of the molecule is Cn1cc(-c2ccc3c(c2)CC[C@@]32OC(=O)N(CC(=O)N3Cc4ccc(F)cc4CC[C@@H]3C3CC3)C2=O)cn1. The molecule has 1 aromatic heterocycles. The predicted octanol–water partition coefficient (Wildman–Crippen LogP) is 4.10. The average Bonchev–Trinajstić information content (AvgIpc) is 3.55. The quantitative estimate of drug-likeness (QED) is 0.509. The summed E-state index contributed by atoms with van der Waals surface area (Å²) in [5, 5.41) is 4.23. The van der Waals surface area contributed by atoms with E-state index in [0.29, 0.717) is 37.3 Å². The first-order valence-corrected chi connectivity index (χ1v) is 13.6. The first-order chi connectivity index (χ1) is 18.8. The van der Waals surface area contributed by atoms with E-state index in [-0.39, 0.29) is 24.3 Å². The number of fused-ring (bicyclic) bond motifs is 3. The molecule has 4 aliphatic rings. The van der Waals surface area contributed by atoms with Crippen LogP contribution < -0.4 is 0 Å². The molecule has 0 radical (unpaired) electrons. The Labute approximate surface area is 225 Å². The van der Waals surface area contributed by atoms with Crippen molar-refractivity contribution in [1.29, 1.82) is 0 Å². The highest BCUT2D eigenvalue weighted by Crippen LogP contribution is 2.46. The Morgan fingerprint density at radius 1 is 1.05 bits per heavy atom. The number of hydrogen-bond acceptors (Lipinski definition) is 5. The Morgan fingerprint density at radius 3 is 2.67 bits per heavy atom. The summed E-state index contributed by atoms with van der Waals surface area (Å²) >= 11 is 0. The first kappa shape index (κ1) is 24.1.